The number of Topliss-reactive ketones (excluding diaryl/α,β-unsaturated/α-hetero) is 1. The van der Waals surface area contributed by atoms with E-state index in [0.29, 0.717) is 24.4 Å². The highest BCUT2D eigenvalue weighted by atomic mass is 16.2. The summed E-state index contributed by atoms with van der Waals surface area (Å²) in [6.45, 7) is 1.47. The summed E-state index contributed by atoms with van der Waals surface area (Å²) >= 11 is 0. The molecule has 0 aromatic rings. The van der Waals surface area contributed by atoms with Crippen molar-refractivity contribution in [3.05, 3.63) is 0 Å². The lowest BCUT2D eigenvalue weighted by Gasteiger charge is -2.38. The summed E-state index contributed by atoms with van der Waals surface area (Å²) in [5.74, 6) is 0.786. The Morgan fingerprint density at radius 2 is 2.00 bits per heavy atom. The van der Waals surface area contributed by atoms with E-state index in [1.54, 1.807) is 0 Å². The lowest BCUT2D eigenvalue weighted by Crippen LogP contribution is -2.49. The van der Waals surface area contributed by atoms with Crippen molar-refractivity contribution < 1.29 is 9.59 Å². The maximum Gasteiger partial charge on any atom is 0.234 e. The van der Waals surface area contributed by atoms with Crippen molar-refractivity contribution in [1.82, 2.24) is 10.2 Å². The van der Waals surface area contributed by atoms with Gasteiger partial charge in [-0.25, -0.2) is 0 Å². The number of hydrogen-bond donors (Lipinski definition) is 1. The van der Waals surface area contributed by atoms with E-state index in [4.69, 9.17) is 0 Å². The fourth-order valence-corrected chi connectivity index (χ4v) is 3.60. The van der Waals surface area contributed by atoms with Crippen LogP contribution in [0.5, 0.6) is 0 Å². The fourth-order valence-electron chi connectivity index (χ4n) is 3.60. The predicted molar refractivity (Wildman–Crippen MR) is 72.7 cm³/mol. The van der Waals surface area contributed by atoms with Gasteiger partial charge in [-0.1, -0.05) is 6.42 Å². The number of rotatable bonds is 4. The average Bonchev–Trinajstić information content (AvgIpc) is 3.10. The van der Waals surface area contributed by atoms with Crippen molar-refractivity contribution >= 4 is 11.7 Å². The van der Waals surface area contributed by atoms with Crippen LogP contribution in [0.3, 0.4) is 0 Å². The highest BCUT2D eigenvalue weighted by Gasteiger charge is 2.37. The van der Waals surface area contributed by atoms with Crippen LogP contribution in [0.2, 0.25) is 0 Å². The van der Waals surface area contributed by atoms with Gasteiger partial charge in [0.1, 0.15) is 5.78 Å². The Kier molecular flexibility index (Phi) is 3.87. The van der Waals surface area contributed by atoms with E-state index in [2.05, 4.69) is 10.2 Å². The van der Waals surface area contributed by atoms with Crippen molar-refractivity contribution in [2.45, 2.75) is 63.5 Å². The first-order valence-corrected chi connectivity index (χ1v) is 7.80. The van der Waals surface area contributed by atoms with Crippen LogP contribution >= 0.6 is 0 Å². The minimum absolute atomic E-state index is 0.153. The van der Waals surface area contributed by atoms with Gasteiger partial charge in [-0.15, -0.1) is 0 Å². The minimum atomic E-state index is 0.153. The summed E-state index contributed by atoms with van der Waals surface area (Å²) in [4.78, 5) is 26.2. The van der Waals surface area contributed by atoms with E-state index in [1.807, 2.05) is 0 Å². The second kappa shape index (κ2) is 5.61. The molecule has 3 rings (SSSR count). The molecule has 1 aliphatic heterocycles. The summed E-state index contributed by atoms with van der Waals surface area (Å²) in [5, 5.41) is 3.06. The molecule has 2 saturated carbocycles. The topological polar surface area (TPSA) is 49.4 Å². The van der Waals surface area contributed by atoms with Crippen LogP contribution in [-0.2, 0) is 9.59 Å². The van der Waals surface area contributed by atoms with Gasteiger partial charge in [0.05, 0.1) is 6.54 Å². The first-order chi connectivity index (χ1) is 9.24. The molecule has 19 heavy (non-hydrogen) atoms. The van der Waals surface area contributed by atoms with Gasteiger partial charge >= 0.3 is 0 Å². The number of amides is 1. The molecule has 1 heterocycles. The van der Waals surface area contributed by atoms with Crippen LogP contribution in [0.25, 0.3) is 0 Å². The zero-order valence-electron chi connectivity index (χ0n) is 11.6. The van der Waals surface area contributed by atoms with E-state index >= 15 is 0 Å². The van der Waals surface area contributed by atoms with Crippen LogP contribution < -0.4 is 5.32 Å². The molecule has 106 valence electrons. The molecule has 0 spiro atoms. The Morgan fingerprint density at radius 3 is 2.68 bits per heavy atom. The molecule has 0 aromatic carbocycles. The Balaban J connectivity index is 1.59. The predicted octanol–water partition coefficient (Wildman–Crippen LogP) is 1.49. The second-order valence-electron chi connectivity index (χ2n) is 6.34. The maximum absolute atomic E-state index is 12.0. The smallest absolute Gasteiger partial charge is 0.234 e. The summed E-state index contributed by atoms with van der Waals surface area (Å²) < 4.78 is 0. The first-order valence-electron chi connectivity index (χ1n) is 7.80. The van der Waals surface area contributed by atoms with Crippen molar-refractivity contribution in [3.8, 4) is 0 Å². The van der Waals surface area contributed by atoms with Gasteiger partial charge in [0.15, 0.2) is 0 Å². The fraction of sp³-hybridized carbons (Fsp3) is 0.867. The van der Waals surface area contributed by atoms with Crippen molar-refractivity contribution in [3.63, 3.8) is 0 Å². The molecular weight excluding hydrogens is 240 g/mol. The van der Waals surface area contributed by atoms with Gasteiger partial charge in [0, 0.05) is 24.4 Å². The van der Waals surface area contributed by atoms with Gasteiger partial charge < -0.3 is 5.32 Å². The quantitative estimate of drug-likeness (QED) is 0.837. The third-order valence-electron chi connectivity index (χ3n) is 4.77. The molecule has 1 N–H and O–H groups in total. The standard InChI is InChI=1S/C15H24N2O2/c18-14-6-3-4-12(14)13-5-1-2-9-17(13)10-15(19)16-11-7-8-11/h11-13H,1-10H2,(H,16,19). The van der Waals surface area contributed by atoms with Crippen molar-refractivity contribution in [2.75, 3.05) is 13.1 Å². The molecule has 2 atom stereocenters. The highest BCUT2D eigenvalue weighted by Crippen LogP contribution is 2.32. The zero-order chi connectivity index (χ0) is 13.2. The molecule has 1 amide bonds. The van der Waals surface area contributed by atoms with Crippen LogP contribution in [0.15, 0.2) is 0 Å². The first kappa shape index (κ1) is 13.1. The lowest BCUT2D eigenvalue weighted by atomic mass is 9.88. The number of hydrogen-bond acceptors (Lipinski definition) is 3. The number of ketones is 1. The molecule has 4 nitrogen and oxygen atoms in total. The minimum Gasteiger partial charge on any atom is -0.352 e. The van der Waals surface area contributed by atoms with Crippen molar-refractivity contribution in [1.29, 1.82) is 0 Å². The summed E-state index contributed by atoms with van der Waals surface area (Å²) in [6.07, 6.45) is 8.55. The van der Waals surface area contributed by atoms with Gasteiger partial charge in [0.2, 0.25) is 5.91 Å². The lowest BCUT2D eigenvalue weighted by molar-refractivity contribution is -0.127. The van der Waals surface area contributed by atoms with Crippen molar-refractivity contribution in [2.24, 2.45) is 5.92 Å². The second-order valence-corrected chi connectivity index (χ2v) is 6.34. The number of likely N-dealkylation sites (tertiary alicyclic amines) is 1. The van der Waals surface area contributed by atoms with E-state index in [0.717, 1.165) is 51.5 Å². The molecule has 2 unspecified atom stereocenters. The molecular formula is C15H24N2O2. The van der Waals surface area contributed by atoms with Gasteiger partial charge in [0.25, 0.3) is 0 Å². The third kappa shape index (κ3) is 3.16. The van der Waals surface area contributed by atoms with Gasteiger partial charge in [-0.2, -0.15) is 0 Å². The molecule has 3 aliphatic rings. The van der Waals surface area contributed by atoms with Gasteiger partial charge in [-0.3, -0.25) is 14.5 Å². The molecule has 0 radical (unpaired) electrons. The zero-order valence-corrected chi connectivity index (χ0v) is 11.6. The molecule has 4 heteroatoms. The maximum atomic E-state index is 12.0. The molecule has 3 fully saturated rings. The van der Waals surface area contributed by atoms with Crippen LogP contribution in [-0.4, -0.2) is 41.8 Å². The normalized spacial score (nSPS) is 32.5. The third-order valence-corrected chi connectivity index (χ3v) is 4.77. The van der Waals surface area contributed by atoms with Crippen LogP contribution in [0, 0.1) is 5.92 Å². The number of carbonyl (C=O) groups is 2. The monoisotopic (exact) mass is 264 g/mol. The molecule has 0 bridgehead atoms. The van der Waals surface area contributed by atoms with E-state index in [9.17, 15) is 9.59 Å². The van der Waals surface area contributed by atoms with Crippen LogP contribution in [0.4, 0.5) is 0 Å². The van der Waals surface area contributed by atoms with E-state index < -0.39 is 0 Å². The summed E-state index contributed by atoms with van der Waals surface area (Å²) in [6, 6.07) is 0.762. The Bertz CT molecular complexity index is 365. The number of piperidine rings is 1. The summed E-state index contributed by atoms with van der Waals surface area (Å²) in [7, 11) is 0. The molecule has 1 saturated heterocycles. The number of nitrogens with one attached hydrogen (secondary N) is 1. The Morgan fingerprint density at radius 1 is 1.16 bits per heavy atom. The molecule has 2 aliphatic carbocycles. The van der Waals surface area contributed by atoms with Crippen LogP contribution in [0.1, 0.15) is 51.4 Å². The van der Waals surface area contributed by atoms with E-state index in [-0.39, 0.29) is 11.8 Å². The molecule has 0 aromatic heterocycles. The summed E-state index contributed by atoms with van der Waals surface area (Å²) in [5.41, 5.74) is 0. The Hall–Kier alpha value is -0.900. The number of carbonyl (C=O) groups excluding carboxylic acids is 2. The number of nitrogens with zero attached hydrogens (tertiary/aromatic N) is 1. The largest absolute Gasteiger partial charge is 0.352 e. The average molecular weight is 264 g/mol. The highest BCUT2D eigenvalue weighted by molar-refractivity contribution is 5.84. The van der Waals surface area contributed by atoms with Gasteiger partial charge in [-0.05, 0) is 45.1 Å². The van der Waals surface area contributed by atoms with E-state index in [1.165, 1.54) is 6.42 Å². The SMILES string of the molecule is O=C(CN1CCCCC1C1CCCC1=O)NC1CC1. The Labute approximate surface area is 114 Å².